The van der Waals surface area contributed by atoms with Gasteiger partial charge in [-0.25, -0.2) is 4.39 Å². The van der Waals surface area contributed by atoms with Crippen LogP contribution in [0, 0.1) is 26.6 Å². The van der Waals surface area contributed by atoms with Crippen molar-refractivity contribution < 1.29 is 13.9 Å². The maximum Gasteiger partial charge on any atom is 0.256 e. The van der Waals surface area contributed by atoms with Crippen molar-refractivity contribution in [3.63, 3.8) is 0 Å². The van der Waals surface area contributed by atoms with Crippen LogP contribution in [0.1, 0.15) is 38.3 Å². The molecule has 8 heteroatoms. The molecule has 4 aromatic rings. The number of hydrogen-bond donors (Lipinski definition) is 1. The summed E-state index contributed by atoms with van der Waals surface area (Å²) in [7, 11) is 0. The molecule has 0 spiro atoms. The van der Waals surface area contributed by atoms with Crippen LogP contribution >= 0.6 is 23.2 Å². The Balaban J connectivity index is 1.38. The van der Waals surface area contributed by atoms with E-state index in [0.29, 0.717) is 28.6 Å². The molecule has 1 N–H and O–H groups in total. The summed E-state index contributed by atoms with van der Waals surface area (Å²) in [6.45, 7) is 6.24. The number of anilines is 1. The molecule has 3 aromatic carbocycles. The maximum absolute atomic E-state index is 14.1. The predicted octanol–water partition coefficient (Wildman–Crippen LogP) is 7.13. The van der Waals surface area contributed by atoms with E-state index in [1.165, 1.54) is 6.07 Å². The van der Waals surface area contributed by atoms with Crippen LogP contribution in [0.25, 0.3) is 0 Å². The molecule has 1 heterocycles. The predicted molar refractivity (Wildman–Crippen MR) is 137 cm³/mol. The molecule has 4 rings (SSSR count). The molecule has 0 unspecified atom stereocenters. The summed E-state index contributed by atoms with van der Waals surface area (Å²) in [6.07, 6.45) is 0. The molecule has 0 aliphatic heterocycles. The van der Waals surface area contributed by atoms with Crippen LogP contribution in [-0.4, -0.2) is 15.7 Å². The highest BCUT2D eigenvalue weighted by Gasteiger charge is 2.13. The Morgan fingerprint density at radius 2 is 1.71 bits per heavy atom. The monoisotopic (exact) mass is 511 g/mol. The van der Waals surface area contributed by atoms with E-state index in [9.17, 15) is 9.18 Å². The minimum atomic E-state index is -0.400. The smallest absolute Gasteiger partial charge is 0.256 e. The average molecular weight is 512 g/mol. The van der Waals surface area contributed by atoms with Gasteiger partial charge in [-0.2, -0.15) is 5.10 Å². The third kappa shape index (κ3) is 5.84. The van der Waals surface area contributed by atoms with E-state index in [1.54, 1.807) is 35.0 Å². The largest absolute Gasteiger partial charge is 0.489 e. The number of aromatic nitrogens is 2. The van der Waals surface area contributed by atoms with Crippen molar-refractivity contribution in [2.75, 3.05) is 5.32 Å². The maximum atomic E-state index is 14.1. The van der Waals surface area contributed by atoms with Gasteiger partial charge in [-0.05, 0) is 73.9 Å². The van der Waals surface area contributed by atoms with Gasteiger partial charge in [0.1, 0.15) is 18.2 Å². The van der Waals surface area contributed by atoms with Crippen LogP contribution < -0.4 is 10.1 Å². The van der Waals surface area contributed by atoms with Gasteiger partial charge in [0, 0.05) is 32.9 Å². The van der Waals surface area contributed by atoms with Gasteiger partial charge in [0.2, 0.25) is 0 Å². The summed E-state index contributed by atoms with van der Waals surface area (Å²) in [5, 5.41) is 8.24. The number of nitrogens with zero attached hydrogens (tertiary/aromatic N) is 2. The Hall–Kier alpha value is -3.35. The number of rotatable bonds is 7. The number of aryl methyl sites for hydroxylation is 3. The number of carbonyl (C=O) groups is 1. The molecule has 0 aliphatic carbocycles. The lowest BCUT2D eigenvalue weighted by Gasteiger charge is -2.10. The Kier molecular flexibility index (Phi) is 7.43. The first kappa shape index (κ1) is 24.8. The number of carbonyl (C=O) groups excluding carboxylic acids is 1. The molecule has 1 aromatic heterocycles. The standard InChI is InChI=1S/C27H24Cl2FN3O2/c1-16-11-21(12-17(2)26(16)29)35-15-19-7-9-20(10-8-19)27(34)31-25-13-18(3)33(32-25)14-22-23(28)5-4-6-24(22)30/h4-13H,14-15H2,1-3H3,(H,31,32,34). The van der Waals surface area contributed by atoms with E-state index < -0.39 is 5.82 Å². The third-order valence-corrected chi connectivity index (χ3v) is 6.57. The topological polar surface area (TPSA) is 56.1 Å². The van der Waals surface area contributed by atoms with Crippen molar-refractivity contribution in [2.45, 2.75) is 33.9 Å². The summed E-state index contributed by atoms with van der Waals surface area (Å²) in [6, 6.07) is 17.2. The van der Waals surface area contributed by atoms with Crippen LogP contribution in [-0.2, 0) is 13.2 Å². The van der Waals surface area contributed by atoms with Crippen LogP contribution in [0.5, 0.6) is 5.75 Å². The highest BCUT2D eigenvalue weighted by atomic mass is 35.5. The van der Waals surface area contributed by atoms with Gasteiger partial charge in [0.05, 0.1) is 6.54 Å². The molecule has 35 heavy (non-hydrogen) atoms. The lowest BCUT2D eigenvalue weighted by atomic mass is 10.1. The molecule has 0 radical (unpaired) electrons. The second-order valence-electron chi connectivity index (χ2n) is 8.34. The molecule has 1 amide bonds. The number of ether oxygens (including phenoxy) is 1. The number of nitrogens with one attached hydrogen (secondary N) is 1. The fraction of sp³-hybridized carbons (Fsp3) is 0.185. The SMILES string of the molecule is Cc1cc(OCc2ccc(C(=O)Nc3cc(C)n(Cc4c(F)cccc4Cl)n3)cc2)cc(C)c1Cl. The molecule has 0 aliphatic rings. The van der Waals surface area contributed by atoms with Gasteiger partial charge < -0.3 is 10.1 Å². The van der Waals surface area contributed by atoms with Crippen LogP contribution in [0.4, 0.5) is 10.2 Å². The van der Waals surface area contributed by atoms with E-state index >= 15 is 0 Å². The third-order valence-electron chi connectivity index (χ3n) is 5.62. The second kappa shape index (κ2) is 10.5. The van der Waals surface area contributed by atoms with Crippen molar-refractivity contribution >= 4 is 34.9 Å². The van der Waals surface area contributed by atoms with Gasteiger partial charge in [-0.15, -0.1) is 0 Å². The lowest BCUT2D eigenvalue weighted by molar-refractivity contribution is 0.102. The van der Waals surface area contributed by atoms with Crippen LogP contribution in [0.3, 0.4) is 0 Å². The van der Waals surface area contributed by atoms with Gasteiger partial charge in [-0.3, -0.25) is 9.48 Å². The minimum absolute atomic E-state index is 0.161. The quantitative estimate of drug-likeness (QED) is 0.287. The van der Waals surface area contributed by atoms with Gasteiger partial charge in [0.25, 0.3) is 5.91 Å². The Labute approximate surface area is 213 Å². The van der Waals surface area contributed by atoms with E-state index in [4.69, 9.17) is 27.9 Å². The summed E-state index contributed by atoms with van der Waals surface area (Å²) in [5.74, 6) is 0.424. The molecule has 0 fully saturated rings. The Bertz CT molecular complexity index is 1340. The number of amides is 1. The highest BCUT2D eigenvalue weighted by molar-refractivity contribution is 6.32. The summed E-state index contributed by atoms with van der Waals surface area (Å²) in [4.78, 5) is 12.7. The fourth-order valence-electron chi connectivity index (χ4n) is 3.66. The van der Waals surface area contributed by atoms with Crippen molar-refractivity contribution in [1.29, 1.82) is 0 Å². The summed E-state index contributed by atoms with van der Waals surface area (Å²) < 4.78 is 21.6. The van der Waals surface area contributed by atoms with Crippen molar-refractivity contribution in [3.8, 4) is 5.75 Å². The van der Waals surface area contributed by atoms with Crippen molar-refractivity contribution in [1.82, 2.24) is 9.78 Å². The summed E-state index contributed by atoms with van der Waals surface area (Å²) >= 11 is 12.3. The molecule has 0 saturated carbocycles. The molecule has 0 atom stereocenters. The number of halogens is 3. The van der Waals surface area contributed by atoms with Gasteiger partial charge >= 0.3 is 0 Å². The van der Waals surface area contributed by atoms with E-state index in [1.807, 2.05) is 45.0 Å². The fourth-order valence-corrected chi connectivity index (χ4v) is 3.99. The Morgan fingerprint density at radius 1 is 1.03 bits per heavy atom. The normalized spacial score (nSPS) is 10.9. The zero-order chi connectivity index (χ0) is 25.1. The molecule has 0 saturated heterocycles. The zero-order valence-electron chi connectivity index (χ0n) is 19.5. The van der Waals surface area contributed by atoms with E-state index in [2.05, 4.69) is 10.4 Å². The summed E-state index contributed by atoms with van der Waals surface area (Å²) in [5.41, 5.74) is 4.44. The second-order valence-corrected chi connectivity index (χ2v) is 9.12. The van der Waals surface area contributed by atoms with Crippen LogP contribution in [0.2, 0.25) is 10.0 Å². The van der Waals surface area contributed by atoms with Crippen molar-refractivity contribution in [2.24, 2.45) is 0 Å². The Morgan fingerprint density at radius 3 is 2.37 bits per heavy atom. The van der Waals surface area contributed by atoms with Crippen LogP contribution in [0.15, 0.2) is 60.7 Å². The first-order valence-electron chi connectivity index (χ1n) is 11.0. The molecule has 0 bridgehead atoms. The van der Waals surface area contributed by atoms with E-state index in [-0.39, 0.29) is 12.5 Å². The van der Waals surface area contributed by atoms with Gasteiger partial charge in [0.15, 0.2) is 5.82 Å². The van der Waals surface area contributed by atoms with Crippen molar-refractivity contribution in [3.05, 3.63) is 110 Å². The highest BCUT2D eigenvalue weighted by Crippen LogP contribution is 2.26. The first-order chi connectivity index (χ1) is 16.7. The van der Waals surface area contributed by atoms with E-state index in [0.717, 1.165) is 33.2 Å². The molecular formula is C27H24Cl2FN3O2. The molecule has 5 nitrogen and oxygen atoms in total. The number of benzene rings is 3. The van der Waals surface area contributed by atoms with Gasteiger partial charge in [-0.1, -0.05) is 41.4 Å². The molecule has 180 valence electrons. The zero-order valence-corrected chi connectivity index (χ0v) is 21.0. The molecular weight excluding hydrogens is 488 g/mol. The minimum Gasteiger partial charge on any atom is -0.489 e. The lowest BCUT2D eigenvalue weighted by Crippen LogP contribution is -2.13. The number of hydrogen-bond acceptors (Lipinski definition) is 3. The first-order valence-corrected chi connectivity index (χ1v) is 11.7. The average Bonchev–Trinajstić information content (AvgIpc) is 3.17.